The number of aromatic nitrogens is 2. The third-order valence-corrected chi connectivity index (χ3v) is 6.44. The van der Waals surface area contributed by atoms with Gasteiger partial charge in [-0.3, -0.25) is 4.79 Å². The first-order valence-corrected chi connectivity index (χ1v) is 10.2. The average molecular weight is 376 g/mol. The summed E-state index contributed by atoms with van der Waals surface area (Å²) in [4.78, 5) is 14.1. The van der Waals surface area contributed by atoms with Crippen LogP contribution in [0.3, 0.4) is 0 Å². The maximum Gasteiger partial charge on any atom is 0.271 e. The number of ether oxygens (including phenoxy) is 2. The maximum atomic E-state index is 12.1. The lowest BCUT2D eigenvalue weighted by Gasteiger charge is -2.27. The standard InChI is InChI=1S/C13H20N4O5S2/c1-13(2-7-24(19,20)9-13)14-10(18)8-22-12-11(15-23-16-12)17-3-5-21-6-4-17/h2-9H2,1H3,(H,14,18). The molecule has 1 atom stereocenters. The molecule has 1 unspecified atom stereocenters. The summed E-state index contributed by atoms with van der Waals surface area (Å²) in [6.45, 7) is 4.14. The molecular formula is C13H20N4O5S2. The van der Waals surface area contributed by atoms with Crippen LogP contribution in [0.4, 0.5) is 5.82 Å². The number of morpholine rings is 1. The molecule has 9 nitrogen and oxygen atoms in total. The Morgan fingerprint density at radius 3 is 2.83 bits per heavy atom. The number of nitrogens with one attached hydrogen (secondary N) is 1. The van der Waals surface area contributed by atoms with E-state index in [9.17, 15) is 13.2 Å². The molecule has 3 heterocycles. The first kappa shape index (κ1) is 17.4. The van der Waals surface area contributed by atoms with Crippen LogP contribution in [0, 0.1) is 0 Å². The summed E-state index contributed by atoms with van der Waals surface area (Å²) in [5, 5.41) is 2.75. The molecule has 2 aliphatic rings. The van der Waals surface area contributed by atoms with Crippen LogP contribution < -0.4 is 15.0 Å². The molecule has 0 aliphatic carbocycles. The zero-order valence-electron chi connectivity index (χ0n) is 13.4. The lowest BCUT2D eigenvalue weighted by molar-refractivity contribution is -0.124. The van der Waals surface area contributed by atoms with E-state index in [-0.39, 0.29) is 24.0 Å². The number of nitrogens with zero attached hydrogens (tertiary/aromatic N) is 3. The van der Waals surface area contributed by atoms with Crippen LogP contribution in [-0.4, -0.2) is 73.0 Å². The fourth-order valence-electron chi connectivity index (χ4n) is 2.85. The van der Waals surface area contributed by atoms with Crippen molar-refractivity contribution >= 4 is 33.3 Å². The third-order valence-electron chi connectivity index (χ3n) is 4.04. The Bertz CT molecular complexity index is 701. The van der Waals surface area contributed by atoms with E-state index < -0.39 is 15.4 Å². The van der Waals surface area contributed by atoms with Gasteiger partial charge >= 0.3 is 0 Å². The lowest BCUT2D eigenvalue weighted by Crippen LogP contribution is -2.48. The number of rotatable bonds is 5. The molecule has 1 aromatic rings. The van der Waals surface area contributed by atoms with E-state index >= 15 is 0 Å². The van der Waals surface area contributed by atoms with Gasteiger partial charge in [-0.05, 0) is 13.3 Å². The molecule has 0 aromatic carbocycles. The first-order chi connectivity index (χ1) is 11.4. The van der Waals surface area contributed by atoms with Gasteiger partial charge in [0.1, 0.15) is 0 Å². The zero-order chi connectivity index (χ0) is 17.2. The van der Waals surface area contributed by atoms with Gasteiger partial charge in [0.25, 0.3) is 11.8 Å². The largest absolute Gasteiger partial charge is 0.464 e. The minimum Gasteiger partial charge on any atom is -0.464 e. The van der Waals surface area contributed by atoms with Crippen LogP contribution >= 0.6 is 11.7 Å². The van der Waals surface area contributed by atoms with Crippen LogP contribution in [0.1, 0.15) is 13.3 Å². The summed E-state index contributed by atoms with van der Waals surface area (Å²) in [6, 6.07) is 0. The van der Waals surface area contributed by atoms with E-state index in [1.807, 2.05) is 4.90 Å². The molecule has 11 heteroatoms. The SMILES string of the molecule is CC1(NC(=O)COc2nsnc2N2CCOCC2)CCS(=O)(=O)C1. The second kappa shape index (κ2) is 6.81. The van der Waals surface area contributed by atoms with Crippen molar-refractivity contribution in [3.05, 3.63) is 0 Å². The van der Waals surface area contributed by atoms with Gasteiger partial charge in [0.05, 0.1) is 42.0 Å². The van der Waals surface area contributed by atoms with E-state index in [2.05, 4.69) is 14.1 Å². The van der Waals surface area contributed by atoms with Crippen LogP contribution in [-0.2, 0) is 19.4 Å². The zero-order valence-corrected chi connectivity index (χ0v) is 15.0. The Labute approximate surface area is 144 Å². The van der Waals surface area contributed by atoms with Crippen molar-refractivity contribution in [2.75, 3.05) is 49.3 Å². The number of amides is 1. The van der Waals surface area contributed by atoms with Gasteiger partial charge in [-0.2, -0.15) is 4.37 Å². The van der Waals surface area contributed by atoms with Crippen molar-refractivity contribution in [1.82, 2.24) is 14.1 Å². The van der Waals surface area contributed by atoms with Crippen molar-refractivity contribution in [3.63, 3.8) is 0 Å². The van der Waals surface area contributed by atoms with Crippen LogP contribution in [0.15, 0.2) is 0 Å². The molecule has 1 amide bonds. The monoisotopic (exact) mass is 376 g/mol. The molecule has 0 radical (unpaired) electrons. The Hall–Kier alpha value is -1.46. The highest BCUT2D eigenvalue weighted by atomic mass is 32.2. The molecule has 1 N–H and O–H groups in total. The lowest BCUT2D eigenvalue weighted by atomic mass is 10.0. The summed E-state index contributed by atoms with van der Waals surface area (Å²) in [6.07, 6.45) is 0.415. The highest BCUT2D eigenvalue weighted by molar-refractivity contribution is 7.91. The smallest absolute Gasteiger partial charge is 0.271 e. The fraction of sp³-hybridized carbons (Fsp3) is 0.769. The molecule has 2 fully saturated rings. The molecule has 0 bridgehead atoms. The Kier molecular flexibility index (Phi) is 4.92. The normalized spacial score (nSPS) is 26.3. The van der Waals surface area contributed by atoms with E-state index in [1.54, 1.807) is 6.92 Å². The van der Waals surface area contributed by atoms with Gasteiger partial charge in [0.15, 0.2) is 16.4 Å². The van der Waals surface area contributed by atoms with Crippen LogP contribution in [0.25, 0.3) is 0 Å². The number of carbonyl (C=O) groups is 1. The summed E-state index contributed by atoms with van der Waals surface area (Å²) < 4.78 is 42.2. The van der Waals surface area contributed by atoms with Crippen molar-refractivity contribution in [3.8, 4) is 5.88 Å². The second-order valence-corrected chi connectivity index (χ2v) is 8.94. The molecule has 2 saturated heterocycles. The van der Waals surface area contributed by atoms with E-state index in [1.165, 1.54) is 0 Å². The van der Waals surface area contributed by atoms with E-state index in [0.717, 1.165) is 11.7 Å². The van der Waals surface area contributed by atoms with Gasteiger partial charge in [-0.1, -0.05) is 0 Å². The highest BCUT2D eigenvalue weighted by Crippen LogP contribution is 2.26. The maximum absolute atomic E-state index is 12.1. The molecule has 24 heavy (non-hydrogen) atoms. The first-order valence-electron chi connectivity index (χ1n) is 7.66. The minimum absolute atomic E-state index is 0.0387. The van der Waals surface area contributed by atoms with Crippen molar-refractivity contribution < 1.29 is 22.7 Å². The quantitative estimate of drug-likeness (QED) is 0.729. The predicted molar refractivity (Wildman–Crippen MR) is 88.3 cm³/mol. The summed E-state index contributed by atoms with van der Waals surface area (Å²) in [5.41, 5.74) is -0.730. The predicted octanol–water partition coefficient (Wildman–Crippen LogP) is -0.553. The number of carbonyl (C=O) groups excluding carboxylic acids is 1. The summed E-state index contributed by atoms with van der Waals surface area (Å²) >= 11 is 1.02. The molecule has 0 saturated carbocycles. The van der Waals surface area contributed by atoms with Gasteiger partial charge in [-0.15, -0.1) is 4.37 Å². The van der Waals surface area contributed by atoms with Gasteiger partial charge in [0.2, 0.25) is 5.82 Å². The van der Waals surface area contributed by atoms with Gasteiger partial charge in [-0.25, -0.2) is 8.42 Å². The number of hydrogen-bond donors (Lipinski definition) is 1. The minimum atomic E-state index is -3.07. The van der Waals surface area contributed by atoms with E-state index in [0.29, 0.717) is 44.4 Å². The Balaban J connectivity index is 1.54. The number of sulfone groups is 1. The van der Waals surface area contributed by atoms with Crippen molar-refractivity contribution in [2.45, 2.75) is 18.9 Å². The van der Waals surface area contributed by atoms with Crippen LogP contribution in [0.2, 0.25) is 0 Å². The molecule has 0 spiro atoms. The molecule has 2 aliphatic heterocycles. The highest BCUT2D eigenvalue weighted by Gasteiger charge is 2.39. The number of anilines is 1. The average Bonchev–Trinajstić information content (AvgIpc) is 3.10. The topological polar surface area (TPSA) is 111 Å². The van der Waals surface area contributed by atoms with Crippen LogP contribution in [0.5, 0.6) is 5.88 Å². The summed E-state index contributed by atoms with van der Waals surface area (Å²) in [5.74, 6) is 0.632. The third kappa shape index (κ3) is 4.14. The Morgan fingerprint density at radius 2 is 2.17 bits per heavy atom. The van der Waals surface area contributed by atoms with Gasteiger partial charge < -0.3 is 19.7 Å². The number of hydrogen-bond acceptors (Lipinski definition) is 9. The molecule has 134 valence electrons. The molecule has 3 rings (SSSR count). The van der Waals surface area contributed by atoms with Crippen molar-refractivity contribution in [2.24, 2.45) is 0 Å². The van der Waals surface area contributed by atoms with E-state index in [4.69, 9.17) is 9.47 Å². The molecule has 1 aromatic heterocycles. The summed E-state index contributed by atoms with van der Waals surface area (Å²) in [7, 11) is -3.07. The second-order valence-electron chi connectivity index (χ2n) is 6.23. The molecular weight excluding hydrogens is 356 g/mol. The van der Waals surface area contributed by atoms with Gasteiger partial charge in [0, 0.05) is 13.1 Å². The fourth-order valence-corrected chi connectivity index (χ4v) is 5.46. The van der Waals surface area contributed by atoms with Crippen molar-refractivity contribution in [1.29, 1.82) is 0 Å². The Morgan fingerprint density at radius 1 is 1.42 bits per heavy atom.